The van der Waals surface area contributed by atoms with Crippen LogP contribution >= 0.6 is 0 Å². The number of carbonyl (C=O) groups excluding carboxylic acids is 1. The summed E-state index contributed by atoms with van der Waals surface area (Å²) in [6, 6.07) is 0.122. The second-order valence-corrected chi connectivity index (χ2v) is 6.12. The highest BCUT2D eigenvalue weighted by Crippen LogP contribution is 2.44. The fourth-order valence-corrected chi connectivity index (χ4v) is 1.03. The third-order valence-corrected chi connectivity index (χ3v) is 3.29. The summed E-state index contributed by atoms with van der Waals surface area (Å²) in [5, 5.41) is 2.86. The van der Waals surface area contributed by atoms with Crippen LogP contribution in [0.15, 0.2) is 0 Å². The molecule has 1 aliphatic rings. The van der Waals surface area contributed by atoms with Crippen molar-refractivity contribution >= 4 is 6.09 Å². The lowest BCUT2D eigenvalue weighted by atomic mass is 9.88. The molecule has 0 saturated heterocycles. The molecule has 1 aliphatic carbocycles. The van der Waals surface area contributed by atoms with Gasteiger partial charge in [-0.1, -0.05) is 41.5 Å². The van der Waals surface area contributed by atoms with Crippen LogP contribution < -0.4 is 5.32 Å². The van der Waals surface area contributed by atoms with Crippen LogP contribution in [0, 0.1) is 10.8 Å². The zero-order valence-electron chi connectivity index (χ0n) is 12.5. The van der Waals surface area contributed by atoms with Gasteiger partial charge in [-0.15, -0.1) is 0 Å². The van der Waals surface area contributed by atoms with Crippen molar-refractivity contribution in [1.82, 2.24) is 5.32 Å². The fourth-order valence-electron chi connectivity index (χ4n) is 1.03. The molecule has 0 bridgehead atoms. The van der Waals surface area contributed by atoms with Crippen LogP contribution in [0.5, 0.6) is 0 Å². The highest BCUT2D eigenvalue weighted by atomic mass is 16.5. The van der Waals surface area contributed by atoms with Gasteiger partial charge in [0.05, 0.1) is 6.61 Å². The van der Waals surface area contributed by atoms with Crippen molar-refractivity contribution < 1.29 is 9.53 Å². The first-order chi connectivity index (χ1) is 7.73. The summed E-state index contributed by atoms with van der Waals surface area (Å²) in [7, 11) is 0. The van der Waals surface area contributed by atoms with E-state index in [1.165, 1.54) is 12.8 Å². The molecule has 1 N–H and O–H groups in total. The predicted octanol–water partition coefficient (Wildman–Crippen LogP) is 3.97. The lowest BCUT2D eigenvalue weighted by Gasteiger charge is -2.27. The Labute approximate surface area is 106 Å². The zero-order chi connectivity index (χ0) is 13.7. The number of amides is 1. The van der Waals surface area contributed by atoms with E-state index in [2.05, 4.69) is 33.0 Å². The Morgan fingerprint density at radius 3 is 2.18 bits per heavy atom. The van der Waals surface area contributed by atoms with Gasteiger partial charge in [0, 0.05) is 11.5 Å². The first-order valence-electron chi connectivity index (χ1n) is 6.66. The van der Waals surface area contributed by atoms with Crippen LogP contribution in [0.4, 0.5) is 4.79 Å². The minimum absolute atomic E-state index is 0.0719. The SMILES string of the molecule is CC.CC(NC(=O)OCC1(C)CC1)C(C)(C)C. The molecule has 17 heavy (non-hydrogen) atoms. The van der Waals surface area contributed by atoms with E-state index in [1.54, 1.807) is 0 Å². The van der Waals surface area contributed by atoms with Crippen molar-refractivity contribution in [3.8, 4) is 0 Å². The van der Waals surface area contributed by atoms with Gasteiger partial charge in [-0.2, -0.15) is 0 Å². The van der Waals surface area contributed by atoms with E-state index < -0.39 is 0 Å². The minimum atomic E-state index is -0.287. The highest BCUT2D eigenvalue weighted by Gasteiger charge is 2.38. The molecule has 1 rings (SSSR count). The van der Waals surface area contributed by atoms with Crippen molar-refractivity contribution in [2.75, 3.05) is 6.61 Å². The molecule has 1 saturated carbocycles. The average Bonchev–Trinajstić information content (AvgIpc) is 2.96. The molecule has 0 aromatic heterocycles. The zero-order valence-corrected chi connectivity index (χ0v) is 12.5. The molecule has 0 spiro atoms. The number of rotatable bonds is 3. The molecule has 0 radical (unpaired) electrons. The van der Waals surface area contributed by atoms with Crippen molar-refractivity contribution in [2.24, 2.45) is 10.8 Å². The Morgan fingerprint density at radius 2 is 1.82 bits per heavy atom. The monoisotopic (exact) mass is 243 g/mol. The topological polar surface area (TPSA) is 38.3 Å². The summed E-state index contributed by atoms with van der Waals surface area (Å²) in [6.45, 7) is 15.0. The summed E-state index contributed by atoms with van der Waals surface area (Å²) in [5.41, 5.74) is 0.338. The molecular formula is C14H29NO2. The maximum absolute atomic E-state index is 11.4. The van der Waals surface area contributed by atoms with Crippen molar-refractivity contribution in [3.05, 3.63) is 0 Å². The summed E-state index contributed by atoms with van der Waals surface area (Å²) >= 11 is 0. The van der Waals surface area contributed by atoms with E-state index in [0.29, 0.717) is 6.61 Å². The predicted molar refractivity (Wildman–Crippen MR) is 72.1 cm³/mol. The molecule has 1 atom stereocenters. The standard InChI is InChI=1S/C12H23NO2.C2H6/c1-9(11(2,3)4)13-10(14)15-8-12(5)6-7-12;1-2/h9H,6-8H2,1-5H3,(H,13,14);1-2H3. The van der Waals surface area contributed by atoms with E-state index in [4.69, 9.17) is 4.74 Å². The summed E-state index contributed by atoms with van der Waals surface area (Å²) in [5.74, 6) is 0. The smallest absolute Gasteiger partial charge is 0.407 e. The van der Waals surface area contributed by atoms with E-state index >= 15 is 0 Å². The molecule has 1 fully saturated rings. The minimum Gasteiger partial charge on any atom is -0.449 e. The second-order valence-electron chi connectivity index (χ2n) is 6.12. The summed E-state index contributed by atoms with van der Waals surface area (Å²) in [6.07, 6.45) is 2.06. The molecule has 0 aromatic carbocycles. The van der Waals surface area contributed by atoms with Crippen LogP contribution in [0.3, 0.4) is 0 Å². The molecule has 102 valence electrons. The van der Waals surface area contributed by atoms with Crippen LogP contribution in [0.2, 0.25) is 0 Å². The third-order valence-electron chi connectivity index (χ3n) is 3.29. The van der Waals surface area contributed by atoms with Crippen LogP contribution in [0.1, 0.15) is 61.3 Å². The Hall–Kier alpha value is -0.730. The number of carbonyl (C=O) groups is 1. The fraction of sp³-hybridized carbons (Fsp3) is 0.929. The van der Waals surface area contributed by atoms with Crippen LogP contribution in [-0.2, 0) is 4.74 Å². The maximum atomic E-state index is 11.4. The van der Waals surface area contributed by atoms with Gasteiger partial charge in [0.2, 0.25) is 0 Å². The molecule has 0 aliphatic heterocycles. The lowest BCUT2D eigenvalue weighted by Crippen LogP contribution is -2.42. The number of hydrogen-bond donors (Lipinski definition) is 1. The Balaban J connectivity index is 0.00000121. The van der Waals surface area contributed by atoms with E-state index in [9.17, 15) is 4.79 Å². The number of ether oxygens (including phenoxy) is 1. The van der Waals surface area contributed by atoms with Crippen LogP contribution in [0.25, 0.3) is 0 Å². The van der Waals surface area contributed by atoms with Crippen molar-refractivity contribution in [1.29, 1.82) is 0 Å². The molecule has 0 heterocycles. The van der Waals surface area contributed by atoms with E-state index in [0.717, 1.165) is 0 Å². The molecule has 1 amide bonds. The van der Waals surface area contributed by atoms with Crippen molar-refractivity contribution in [3.63, 3.8) is 0 Å². The largest absolute Gasteiger partial charge is 0.449 e. The van der Waals surface area contributed by atoms with E-state index in [-0.39, 0.29) is 23.0 Å². The average molecular weight is 243 g/mol. The lowest BCUT2D eigenvalue weighted by molar-refractivity contribution is 0.115. The van der Waals surface area contributed by atoms with Gasteiger partial charge in [-0.3, -0.25) is 0 Å². The normalized spacial score (nSPS) is 18.5. The van der Waals surface area contributed by atoms with Crippen LogP contribution in [-0.4, -0.2) is 18.7 Å². The first-order valence-corrected chi connectivity index (χ1v) is 6.66. The third kappa shape index (κ3) is 6.54. The second kappa shape index (κ2) is 6.27. The quantitative estimate of drug-likeness (QED) is 0.814. The van der Waals surface area contributed by atoms with Gasteiger partial charge in [-0.05, 0) is 25.2 Å². The van der Waals surface area contributed by atoms with Crippen molar-refractivity contribution in [2.45, 2.75) is 67.3 Å². The Bertz CT molecular complexity index is 239. The Kier molecular flexibility index (Phi) is 6.00. The number of hydrogen-bond acceptors (Lipinski definition) is 2. The summed E-state index contributed by atoms with van der Waals surface area (Å²) in [4.78, 5) is 11.4. The van der Waals surface area contributed by atoms with E-state index in [1.807, 2.05) is 20.8 Å². The first kappa shape index (κ1) is 16.3. The molecule has 3 heteroatoms. The number of nitrogens with one attached hydrogen (secondary N) is 1. The highest BCUT2D eigenvalue weighted by molar-refractivity contribution is 5.67. The van der Waals surface area contributed by atoms with Gasteiger partial charge < -0.3 is 10.1 Å². The maximum Gasteiger partial charge on any atom is 0.407 e. The van der Waals surface area contributed by atoms with Gasteiger partial charge >= 0.3 is 6.09 Å². The van der Waals surface area contributed by atoms with Gasteiger partial charge in [0.25, 0.3) is 0 Å². The van der Waals surface area contributed by atoms with Gasteiger partial charge in [0.1, 0.15) is 0 Å². The molecule has 3 nitrogen and oxygen atoms in total. The number of alkyl carbamates (subject to hydrolysis) is 1. The summed E-state index contributed by atoms with van der Waals surface area (Å²) < 4.78 is 5.18. The molecular weight excluding hydrogens is 214 g/mol. The molecule has 0 aromatic rings. The Morgan fingerprint density at radius 1 is 1.35 bits per heavy atom. The van der Waals surface area contributed by atoms with Gasteiger partial charge in [-0.25, -0.2) is 4.79 Å². The molecule has 1 unspecified atom stereocenters. The van der Waals surface area contributed by atoms with Gasteiger partial charge in [0.15, 0.2) is 0 Å².